The second-order valence-corrected chi connectivity index (χ2v) is 5.39. The van der Waals surface area contributed by atoms with Gasteiger partial charge in [0.25, 0.3) is 0 Å². The van der Waals surface area contributed by atoms with Gasteiger partial charge in [0.05, 0.1) is 19.0 Å². The van der Waals surface area contributed by atoms with Crippen molar-refractivity contribution >= 4 is 11.2 Å². The number of aromatic nitrogens is 6. The van der Waals surface area contributed by atoms with Gasteiger partial charge < -0.3 is 18.8 Å². The zero-order valence-electron chi connectivity index (χ0n) is 12.4. The van der Waals surface area contributed by atoms with E-state index in [9.17, 15) is 5.11 Å². The largest absolute Gasteiger partial charge is 0.389 e. The second kappa shape index (κ2) is 5.69. The van der Waals surface area contributed by atoms with Crippen LogP contribution in [0.2, 0.25) is 0 Å². The molecule has 0 amide bonds. The SMILES string of the molecule is OC(Cn1cccc1)Cn1cnc2c(-n3cccc3)ncnc21. The predicted octanol–water partition coefficient (Wildman–Crippen LogP) is 1.48. The van der Waals surface area contributed by atoms with Crippen LogP contribution >= 0.6 is 0 Å². The zero-order valence-corrected chi connectivity index (χ0v) is 12.4. The summed E-state index contributed by atoms with van der Waals surface area (Å²) in [6.07, 6.45) is 10.4. The van der Waals surface area contributed by atoms with Gasteiger partial charge in [0.2, 0.25) is 0 Å². The van der Waals surface area contributed by atoms with Gasteiger partial charge in [0.15, 0.2) is 17.0 Å². The van der Waals surface area contributed by atoms with Crippen LogP contribution in [0.5, 0.6) is 0 Å². The molecule has 4 aromatic rings. The van der Waals surface area contributed by atoms with Crippen LogP contribution in [0.15, 0.2) is 61.7 Å². The molecule has 0 aliphatic heterocycles. The number of hydrogen-bond donors (Lipinski definition) is 1. The molecular formula is C16H16N6O. The molecule has 23 heavy (non-hydrogen) atoms. The average molecular weight is 308 g/mol. The Bertz CT molecular complexity index is 894. The lowest BCUT2D eigenvalue weighted by atomic mass is 10.3. The summed E-state index contributed by atoms with van der Waals surface area (Å²) in [5, 5.41) is 10.3. The minimum absolute atomic E-state index is 0.427. The van der Waals surface area contributed by atoms with Crippen LogP contribution in [0.25, 0.3) is 17.0 Å². The van der Waals surface area contributed by atoms with E-state index in [1.54, 1.807) is 6.33 Å². The molecule has 0 saturated carbocycles. The minimum atomic E-state index is -0.523. The highest BCUT2D eigenvalue weighted by molar-refractivity contribution is 5.78. The summed E-state index contributed by atoms with van der Waals surface area (Å²) < 4.78 is 5.71. The van der Waals surface area contributed by atoms with E-state index in [2.05, 4.69) is 15.0 Å². The van der Waals surface area contributed by atoms with Crippen molar-refractivity contribution in [3.8, 4) is 5.82 Å². The Balaban J connectivity index is 1.62. The van der Waals surface area contributed by atoms with Crippen LogP contribution < -0.4 is 0 Å². The van der Waals surface area contributed by atoms with E-state index < -0.39 is 6.10 Å². The Kier molecular flexibility index (Phi) is 3.39. The van der Waals surface area contributed by atoms with E-state index in [-0.39, 0.29) is 0 Å². The molecule has 7 nitrogen and oxygen atoms in total. The third kappa shape index (κ3) is 2.62. The Morgan fingerprint density at radius 3 is 2.43 bits per heavy atom. The maximum Gasteiger partial charge on any atom is 0.168 e. The average Bonchev–Trinajstić information content (AvgIpc) is 3.28. The van der Waals surface area contributed by atoms with Crippen molar-refractivity contribution in [3.63, 3.8) is 0 Å². The first-order valence-electron chi connectivity index (χ1n) is 7.39. The Morgan fingerprint density at radius 1 is 0.913 bits per heavy atom. The van der Waals surface area contributed by atoms with Crippen LogP contribution in [0.1, 0.15) is 0 Å². The molecule has 0 spiro atoms. The van der Waals surface area contributed by atoms with Crippen molar-refractivity contribution in [2.45, 2.75) is 19.2 Å². The lowest BCUT2D eigenvalue weighted by Gasteiger charge is -2.12. The topological polar surface area (TPSA) is 73.7 Å². The molecule has 4 aromatic heterocycles. The van der Waals surface area contributed by atoms with Crippen molar-refractivity contribution < 1.29 is 5.11 Å². The summed E-state index contributed by atoms with van der Waals surface area (Å²) in [6.45, 7) is 0.957. The summed E-state index contributed by atoms with van der Waals surface area (Å²) in [4.78, 5) is 13.1. The molecule has 1 unspecified atom stereocenters. The van der Waals surface area contributed by atoms with E-state index in [4.69, 9.17) is 0 Å². The fourth-order valence-electron chi connectivity index (χ4n) is 2.69. The third-order valence-electron chi connectivity index (χ3n) is 3.73. The van der Waals surface area contributed by atoms with Crippen molar-refractivity contribution in [2.75, 3.05) is 0 Å². The number of imidazole rings is 1. The van der Waals surface area contributed by atoms with E-state index in [0.29, 0.717) is 13.1 Å². The number of rotatable bonds is 5. The lowest BCUT2D eigenvalue weighted by Crippen LogP contribution is -2.21. The first-order chi connectivity index (χ1) is 11.3. The molecule has 0 bridgehead atoms. The van der Waals surface area contributed by atoms with Gasteiger partial charge >= 0.3 is 0 Å². The molecule has 0 aromatic carbocycles. The quantitative estimate of drug-likeness (QED) is 0.606. The molecule has 7 heteroatoms. The van der Waals surface area contributed by atoms with Crippen LogP contribution in [-0.2, 0) is 13.1 Å². The summed E-state index contributed by atoms with van der Waals surface area (Å²) in [5.41, 5.74) is 1.44. The minimum Gasteiger partial charge on any atom is -0.389 e. The van der Waals surface area contributed by atoms with Gasteiger partial charge in [0.1, 0.15) is 6.33 Å². The first kappa shape index (κ1) is 13.7. The zero-order chi connectivity index (χ0) is 15.6. The number of nitrogens with zero attached hydrogens (tertiary/aromatic N) is 6. The van der Waals surface area contributed by atoms with E-state index in [1.807, 2.05) is 62.8 Å². The van der Waals surface area contributed by atoms with Gasteiger partial charge in [-0.05, 0) is 24.3 Å². The number of aliphatic hydroxyl groups is 1. The summed E-state index contributed by atoms with van der Waals surface area (Å²) in [5.74, 6) is 0.735. The van der Waals surface area contributed by atoms with Crippen LogP contribution in [0.4, 0.5) is 0 Å². The maximum atomic E-state index is 10.3. The Labute approximate surface area is 132 Å². The highest BCUT2D eigenvalue weighted by Gasteiger charge is 2.13. The molecule has 116 valence electrons. The van der Waals surface area contributed by atoms with Crippen molar-refractivity contribution in [1.29, 1.82) is 0 Å². The summed E-state index contributed by atoms with van der Waals surface area (Å²) in [6, 6.07) is 7.75. The number of hydrogen-bond acceptors (Lipinski definition) is 4. The van der Waals surface area contributed by atoms with Crippen molar-refractivity contribution in [3.05, 3.63) is 61.7 Å². The number of fused-ring (bicyclic) bond motifs is 1. The highest BCUT2D eigenvalue weighted by atomic mass is 16.3. The van der Waals surface area contributed by atoms with Crippen LogP contribution in [0, 0.1) is 0 Å². The molecule has 0 aliphatic carbocycles. The van der Waals surface area contributed by atoms with Gasteiger partial charge in [-0.2, -0.15) is 0 Å². The Morgan fingerprint density at radius 2 is 1.65 bits per heavy atom. The molecule has 4 heterocycles. The molecule has 4 rings (SSSR count). The first-order valence-corrected chi connectivity index (χ1v) is 7.39. The van der Waals surface area contributed by atoms with Crippen molar-refractivity contribution in [1.82, 2.24) is 28.7 Å². The van der Waals surface area contributed by atoms with Gasteiger partial charge in [-0.1, -0.05) is 0 Å². The van der Waals surface area contributed by atoms with Gasteiger partial charge in [0, 0.05) is 31.3 Å². The van der Waals surface area contributed by atoms with Gasteiger partial charge in [-0.15, -0.1) is 0 Å². The fourth-order valence-corrected chi connectivity index (χ4v) is 2.69. The normalized spacial score (nSPS) is 12.7. The molecule has 0 radical (unpaired) electrons. The molecular weight excluding hydrogens is 292 g/mol. The smallest absolute Gasteiger partial charge is 0.168 e. The fraction of sp³-hybridized carbons (Fsp3) is 0.188. The number of aliphatic hydroxyl groups excluding tert-OH is 1. The molecule has 0 fully saturated rings. The summed E-state index contributed by atoms with van der Waals surface area (Å²) in [7, 11) is 0. The van der Waals surface area contributed by atoms with Gasteiger partial charge in [-0.3, -0.25) is 0 Å². The molecule has 0 saturated heterocycles. The molecule has 1 atom stereocenters. The standard InChI is InChI=1S/C16H16N6O/c23-13(9-20-5-1-2-6-20)10-22-12-19-14-15(17-11-18-16(14)22)21-7-3-4-8-21/h1-8,11-13,23H,9-10H2. The van der Waals surface area contributed by atoms with E-state index in [0.717, 1.165) is 17.0 Å². The molecule has 0 aliphatic rings. The third-order valence-corrected chi connectivity index (χ3v) is 3.73. The monoisotopic (exact) mass is 308 g/mol. The predicted molar refractivity (Wildman–Crippen MR) is 85.1 cm³/mol. The van der Waals surface area contributed by atoms with Gasteiger partial charge in [-0.25, -0.2) is 15.0 Å². The lowest BCUT2D eigenvalue weighted by molar-refractivity contribution is 0.135. The second-order valence-electron chi connectivity index (χ2n) is 5.39. The molecule has 1 N–H and O–H groups in total. The maximum absolute atomic E-state index is 10.3. The van der Waals surface area contributed by atoms with E-state index >= 15 is 0 Å². The summed E-state index contributed by atoms with van der Waals surface area (Å²) >= 11 is 0. The van der Waals surface area contributed by atoms with E-state index in [1.165, 1.54) is 6.33 Å². The van der Waals surface area contributed by atoms with Crippen LogP contribution in [0.3, 0.4) is 0 Å². The Hall–Kier alpha value is -2.93. The van der Waals surface area contributed by atoms with Crippen molar-refractivity contribution in [2.24, 2.45) is 0 Å². The highest BCUT2D eigenvalue weighted by Crippen LogP contribution is 2.17. The van der Waals surface area contributed by atoms with Crippen LogP contribution in [-0.4, -0.2) is 39.9 Å².